The summed E-state index contributed by atoms with van der Waals surface area (Å²) >= 11 is 5.17. The van der Waals surface area contributed by atoms with Gasteiger partial charge in [0.2, 0.25) is 0 Å². The summed E-state index contributed by atoms with van der Waals surface area (Å²) in [4.78, 5) is 0. The fourth-order valence-corrected chi connectivity index (χ4v) is 2.09. The molecule has 2 N–H and O–H groups in total. The van der Waals surface area contributed by atoms with Gasteiger partial charge in [0.15, 0.2) is 5.11 Å². The van der Waals surface area contributed by atoms with Crippen LogP contribution in [0.1, 0.15) is 12.5 Å². The first-order valence-electron chi connectivity index (χ1n) is 6.88. The molecule has 0 aliphatic rings. The van der Waals surface area contributed by atoms with Crippen molar-refractivity contribution in [3.63, 3.8) is 0 Å². The Kier molecular flexibility index (Phi) is 5.44. The van der Waals surface area contributed by atoms with Crippen LogP contribution < -0.4 is 15.4 Å². The summed E-state index contributed by atoms with van der Waals surface area (Å²) in [5.74, 6) is -0.280. The maximum atomic E-state index is 12.1. The third-order valence-electron chi connectivity index (χ3n) is 2.97. The van der Waals surface area contributed by atoms with Gasteiger partial charge in [-0.2, -0.15) is 0 Å². The lowest BCUT2D eigenvalue weighted by Gasteiger charge is -2.12. The van der Waals surface area contributed by atoms with Crippen LogP contribution in [-0.2, 0) is 6.42 Å². The normalized spacial score (nSPS) is 11.0. The Labute approximate surface area is 137 Å². The average molecular weight is 340 g/mol. The number of hydrogen-bond donors (Lipinski definition) is 2. The average Bonchev–Trinajstić information content (AvgIpc) is 2.48. The van der Waals surface area contributed by atoms with E-state index in [0.717, 1.165) is 12.1 Å². The van der Waals surface area contributed by atoms with Gasteiger partial charge in [0.1, 0.15) is 5.75 Å². The molecule has 23 heavy (non-hydrogen) atoms. The van der Waals surface area contributed by atoms with Crippen molar-refractivity contribution in [1.29, 1.82) is 0 Å². The van der Waals surface area contributed by atoms with Gasteiger partial charge in [-0.25, -0.2) is 0 Å². The summed E-state index contributed by atoms with van der Waals surface area (Å²) in [6.07, 6.45) is -3.74. The SMILES string of the molecule is CCc1ccc(NC(=S)Nc2ccc(OC(F)(F)F)cc2)cc1. The highest BCUT2D eigenvalue weighted by Gasteiger charge is 2.30. The van der Waals surface area contributed by atoms with Crippen molar-refractivity contribution < 1.29 is 17.9 Å². The van der Waals surface area contributed by atoms with Crippen molar-refractivity contribution in [1.82, 2.24) is 0 Å². The molecule has 0 unspecified atom stereocenters. The fourth-order valence-electron chi connectivity index (χ4n) is 1.86. The number of thiocarbonyl (C=S) groups is 1. The van der Waals surface area contributed by atoms with Crippen LogP contribution in [0.2, 0.25) is 0 Å². The summed E-state index contributed by atoms with van der Waals surface area (Å²) in [6, 6.07) is 13.1. The second-order valence-corrected chi connectivity index (χ2v) is 5.11. The van der Waals surface area contributed by atoms with Gasteiger partial charge in [0.05, 0.1) is 0 Å². The minimum Gasteiger partial charge on any atom is -0.406 e. The van der Waals surface area contributed by atoms with Crippen LogP contribution in [0.5, 0.6) is 5.75 Å². The molecule has 2 rings (SSSR count). The molecule has 0 aromatic heterocycles. The second-order valence-electron chi connectivity index (χ2n) is 4.70. The van der Waals surface area contributed by atoms with Gasteiger partial charge in [-0.15, -0.1) is 13.2 Å². The highest BCUT2D eigenvalue weighted by atomic mass is 32.1. The minimum atomic E-state index is -4.70. The predicted octanol–water partition coefficient (Wildman–Crippen LogP) is 4.96. The summed E-state index contributed by atoms with van der Waals surface area (Å²) in [7, 11) is 0. The number of anilines is 2. The van der Waals surface area contributed by atoms with E-state index in [2.05, 4.69) is 22.3 Å². The van der Waals surface area contributed by atoms with Crippen LogP contribution >= 0.6 is 12.2 Å². The molecular formula is C16H15F3N2OS. The highest BCUT2D eigenvalue weighted by Crippen LogP contribution is 2.24. The third kappa shape index (κ3) is 5.78. The molecule has 0 aliphatic heterocycles. The van der Waals surface area contributed by atoms with Crippen molar-refractivity contribution in [2.75, 3.05) is 10.6 Å². The lowest BCUT2D eigenvalue weighted by atomic mass is 10.1. The van der Waals surface area contributed by atoms with Crippen molar-refractivity contribution in [2.24, 2.45) is 0 Å². The molecule has 0 saturated carbocycles. The van der Waals surface area contributed by atoms with Gasteiger partial charge >= 0.3 is 6.36 Å². The highest BCUT2D eigenvalue weighted by molar-refractivity contribution is 7.80. The monoisotopic (exact) mass is 340 g/mol. The molecule has 0 saturated heterocycles. The smallest absolute Gasteiger partial charge is 0.406 e. The number of halogens is 3. The van der Waals surface area contributed by atoms with Crippen LogP contribution in [0.25, 0.3) is 0 Å². The standard InChI is InChI=1S/C16H15F3N2OS/c1-2-11-3-5-12(6-4-11)20-15(23)21-13-7-9-14(10-8-13)22-16(17,18)19/h3-10H,2H2,1H3,(H2,20,21,23). The molecule has 0 fully saturated rings. The Morgan fingerprint density at radius 2 is 1.43 bits per heavy atom. The van der Waals surface area contributed by atoms with E-state index in [1.54, 1.807) is 0 Å². The number of rotatable bonds is 4. The first kappa shape index (κ1) is 17.1. The topological polar surface area (TPSA) is 33.3 Å². The molecule has 0 amide bonds. The maximum Gasteiger partial charge on any atom is 0.573 e. The molecule has 0 radical (unpaired) electrons. The molecule has 0 atom stereocenters. The van der Waals surface area contributed by atoms with E-state index >= 15 is 0 Å². The van der Waals surface area contributed by atoms with Gasteiger partial charge in [-0.05, 0) is 60.6 Å². The van der Waals surface area contributed by atoms with Crippen LogP contribution in [0, 0.1) is 0 Å². The van der Waals surface area contributed by atoms with Crippen LogP contribution in [-0.4, -0.2) is 11.5 Å². The quantitative estimate of drug-likeness (QED) is 0.771. The van der Waals surface area contributed by atoms with Gasteiger partial charge in [-0.3, -0.25) is 0 Å². The molecule has 0 spiro atoms. The van der Waals surface area contributed by atoms with Crippen LogP contribution in [0.3, 0.4) is 0 Å². The molecule has 0 bridgehead atoms. The molecule has 2 aromatic carbocycles. The zero-order valence-electron chi connectivity index (χ0n) is 12.3. The first-order chi connectivity index (χ1) is 10.9. The van der Waals surface area contributed by atoms with Crippen LogP contribution in [0.15, 0.2) is 48.5 Å². The van der Waals surface area contributed by atoms with Crippen molar-refractivity contribution in [3.05, 3.63) is 54.1 Å². The Bertz CT molecular complexity index is 655. The summed E-state index contributed by atoms with van der Waals surface area (Å²) < 4.78 is 40.0. The Balaban J connectivity index is 1.91. The summed E-state index contributed by atoms with van der Waals surface area (Å²) in [5, 5.41) is 6.24. The molecule has 122 valence electrons. The summed E-state index contributed by atoms with van der Waals surface area (Å²) in [5.41, 5.74) is 2.61. The van der Waals surface area contributed by atoms with E-state index in [4.69, 9.17) is 12.2 Å². The lowest BCUT2D eigenvalue weighted by molar-refractivity contribution is -0.274. The largest absolute Gasteiger partial charge is 0.573 e. The molecule has 7 heteroatoms. The molecular weight excluding hydrogens is 325 g/mol. The third-order valence-corrected chi connectivity index (χ3v) is 3.17. The van der Waals surface area contributed by atoms with Crippen molar-refractivity contribution in [3.8, 4) is 5.75 Å². The Morgan fingerprint density at radius 1 is 0.957 bits per heavy atom. The number of nitrogens with one attached hydrogen (secondary N) is 2. The van der Waals surface area contributed by atoms with E-state index in [1.807, 2.05) is 24.3 Å². The van der Waals surface area contributed by atoms with E-state index < -0.39 is 6.36 Å². The maximum absolute atomic E-state index is 12.1. The molecule has 3 nitrogen and oxygen atoms in total. The Morgan fingerprint density at radius 3 is 1.87 bits per heavy atom. The van der Waals surface area contributed by atoms with E-state index in [1.165, 1.54) is 29.8 Å². The number of alkyl halides is 3. The number of benzene rings is 2. The van der Waals surface area contributed by atoms with Gasteiger partial charge in [0.25, 0.3) is 0 Å². The van der Waals surface area contributed by atoms with E-state index in [9.17, 15) is 13.2 Å². The number of aryl methyl sites for hydroxylation is 1. The molecule has 2 aromatic rings. The van der Waals surface area contributed by atoms with Crippen molar-refractivity contribution in [2.45, 2.75) is 19.7 Å². The second kappa shape index (κ2) is 7.32. The number of hydrogen-bond acceptors (Lipinski definition) is 2. The van der Waals surface area contributed by atoms with Crippen LogP contribution in [0.4, 0.5) is 24.5 Å². The number of ether oxygens (including phenoxy) is 1. The van der Waals surface area contributed by atoms with Gasteiger partial charge in [-0.1, -0.05) is 19.1 Å². The lowest BCUT2D eigenvalue weighted by Crippen LogP contribution is -2.19. The van der Waals surface area contributed by atoms with Gasteiger partial charge in [0, 0.05) is 11.4 Å². The predicted molar refractivity (Wildman–Crippen MR) is 88.8 cm³/mol. The molecule has 0 heterocycles. The zero-order chi connectivity index (χ0) is 16.9. The summed E-state index contributed by atoms with van der Waals surface area (Å²) in [6.45, 7) is 2.07. The van der Waals surface area contributed by atoms with E-state index in [-0.39, 0.29) is 5.75 Å². The van der Waals surface area contributed by atoms with E-state index in [0.29, 0.717) is 10.8 Å². The fraction of sp³-hybridized carbons (Fsp3) is 0.188. The Hall–Kier alpha value is -2.28. The van der Waals surface area contributed by atoms with Gasteiger partial charge < -0.3 is 15.4 Å². The molecule has 0 aliphatic carbocycles. The zero-order valence-corrected chi connectivity index (χ0v) is 13.1. The van der Waals surface area contributed by atoms with Crippen molar-refractivity contribution >= 4 is 28.7 Å². The minimum absolute atomic E-state index is 0.280. The first-order valence-corrected chi connectivity index (χ1v) is 7.29.